The topological polar surface area (TPSA) is 71.7 Å². The van der Waals surface area contributed by atoms with Gasteiger partial charge in [-0.3, -0.25) is 4.90 Å². The third kappa shape index (κ3) is 4.29. The lowest BCUT2D eigenvalue weighted by Gasteiger charge is -2.33. The van der Waals surface area contributed by atoms with Crippen LogP contribution in [0.1, 0.15) is 17.3 Å². The zero-order valence-electron chi connectivity index (χ0n) is 13.1. The fourth-order valence-corrected chi connectivity index (χ4v) is 2.49. The van der Waals surface area contributed by atoms with E-state index in [1.165, 1.54) is 0 Å². The highest BCUT2D eigenvalue weighted by Gasteiger charge is 2.23. The summed E-state index contributed by atoms with van der Waals surface area (Å²) in [7, 11) is 0. The first-order valence-corrected chi connectivity index (χ1v) is 7.67. The van der Waals surface area contributed by atoms with Gasteiger partial charge in [-0.15, -0.1) is 10.2 Å². The van der Waals surface area contributed by atoms with E-state index in [0.717, 1.165) is 18.7 Å². The van der Waals surface area contributed by atoms with Gasteiger partial charge in [0.25, 0.3) is 0 Å². The Hall–Kier alpha value is -2.41. The fourth-order valence-electron chi connectivity index (χ4n) is 2.49. The molecule has 7 heteroatoms. The lowest BCUT2D eigenvalue weighted by Crippen LogP contribution is -2.48. The van der Waals surface area contributed by atoms with Gasteiger partial charge in [-0.1, -0.05) is 30.3 Å². The Morgan fingerprint density at radius 2 is 1.91 bits per heavy atom. The van der Waals surface area contributed by atoms with E-state index in [0.29, 0.717) is 38.0 Å². The van der Waals surface area contributed by atoms with E-state index < -0.39 is 0 Å². The molecule has 0 radical (unpaired) electrons. The van der Waals surface area contributed by atoms with Gasteiger partial charge in [0.2, 0.25) is 11.8 Å². The molecule has 122 valence electrons. The minimum Gasteiger partial charge on any atom is -0.445 e. The van der Waals surface area contributed by atoms with Gasteiger partial charge in [-0.25, -0.2) is 4.79 Å². The van der Waals surface area contributed by atoms with Crippen molar-refractivity contribution in [3.63, 3.8) is 0 Å². The monoisotopic (exact) mass is 316 g/mol. The number of piperazine rings is 1. The van der Waals surface area contributed by atoms with Crippen LogP contribution in [0.15, 0.2) is 34.7 Å². The molecule has 1 aliphatic heterocycles. The second kappa shape index (κ2) is 7.23. The lowest BCUT2D eigenvalue weighted by molar-refractivity contribution is 0.0680. The molecule has 1 amide bonds. The summed E-state index contributed by atoms with van der Waals surface area (Å²) in [6, 6.07) is 9.69. The average molecular weight is 316 g/mol. The number of benzene rings is 1. The van der Waals surface area contributed by atoms with Crippen LogP contribution in [-0.2, 0) is 17.9 Å². The molecule has 0 atom stereocenters. The number of amides is 1. The Labute approximate surface area is 134 Å². The molecule has 0 saturated carbocycles. The van der Waals surface area contributed by atoms with Crippen LogP contribution in [0.3, 0.4) is 0 Å². The average Bonchev–Trinajstić information content (AvgIpc) is 2.99. The summed E-state index contributed by atoms with van der Waals surface area (Å²) in [6.45, 7) is 5.51. The van der Waals surface area contributed by atoms with Crippen LogP contribution in [-0.4, -0.2) is 52.3 Å². The zero-order chi connectivity index (χ0) is 16.1. The third-order valence-corrected chi connectivity index (χ3v) is 3.76. The van der Waals surface area contributed by atoms with Crippen molar-refractivity contribution < 1.29 is 13.9 Å². The Kier molecular flexibility index (Phi) is 4.87. The lowest BCUT2D eigenvalue weighted by atomic mass is 10.2. The van der Waals surface area contributed by atoms with Crippen molar-refractivity contribution >= 4 is 6.09 Å². The van der Waals surface area contributed by atoms with Crippen molar-refractivity contribution in [1.82, 2.24) is 20.0 Å². The standard InChI is InChI=1S/C16H20N4O3/c1-13-17-18-15(23-13)11-19-7-9-20(10-8-19)16(21)22-12-14-5-3-2-4-6-14/h2-6H,7-12H2,1H3. The van der Waals surface area contributed by atoms with Gasteiger partial charge in [-0.2, -0.15) is 0 Å². The molecule has 23 heavy (non-hydrogen) atoms. The van der Waals surface area contributed by atoms with Gasteiger partial charge in [0.05, 0.1) is 6.54 Å². The maximum Gasteiger partial charge on any atom is 0.410 e. The molecule has 3 rings (SSSR count). The SMILES string of the molecule is Cc1nnc(CN2CCN(C(=O)OCc3ccccc3)CC2)o1. The summed E-state index contributed by atoms with van der Waals surface area (Å²) in [5, 5.41) is 7.81. The molecular weight excluding hydrogens is 296 g/mol. The van der Waals surface area contributed by atoms with Crippen molar-refractivity contribution in [1.29, 1.82) is 0 Å². The van der Waals surface area contributed by atoms with Crippen molar-refractivity contribution in [3.8, 4) is 0 Å². The molecule has 1 aromatic carbocycles. The highest BCUT2D eigenvalue weighted by Crippen LogP contribution is 2.10. The summed E-state index contributed by atoms with van der Waals surface area (Å²) in [6.07, 6.45) is -0.262. The van der Waals surface area contributed by atoms with E-state index in [-0.39, 0.29) is 6.09 Å². The van der Waals surface area contributed by atoms with E-state index in [4.69, 9.17) is 9.15 Å². The zero-order valence-corrected chi connectivity index (χ0v) is 13.1. The first-order chi connectivity index (χ1) is 11.2. The summed E-state index contributed by atoms with van der Waals surface area (Å²) in [5.41, 5.74) is 0.992. The van der Waals surface area contributed by atoms with Gasteiger partial charge in [-0.05, 0) is 5.56 Å². The summed E-state index contributed by atoms with van der Waals surface area (Å²) in [4.78, 5) is 16.0. The predicted octanol–water partition coefficient (Wildman–Crippen LogP) is 1.83. The van der Waals surface area contributed by atoms with Crippen LogP contribution in [0.5, 0.6) is 0 Å². The molecule has 0 aliphatic carbocycles. The van der Waals surface area contributed by atoms with Crippen molar-refractivity contribution in [2.24, 2.45) is 0 Å². The third-order valence-electron chi connectivity index (χ3n) is 3.76. The van der Waals surface area contributed by atoms with Crippen LogP contribution < -0.4 is 0 Å². The number of aromatic nitrogens is 2. The number of carbonyl (C=O) groups is 1. The van der Waals surface area contributed by atoms with E-state index in [9.17, 15) is 4.79 Å². The highest BCUT2D eigenvalue weighted by atomic mass is 16.6. The van der Waals surface area contributed by atoms with Crippen molar-refractivity contribution in [2.45, 2.75) is 20.1 Å². The minimum atomic E-state index is -0.262. The van der Waals surface area contributed by atoms with Gasteiger partial charge >= 0.3 is 6.09 Å². The smallest absolute Gasteiger partial charge is 0.410 e. The van der Waals surface area contributed by atoms with Crippen LogP contribution in [0.4, 0.5) is 4.79 Å². The number of aryl methyl sites for hydroxylation is 1. The molecule has 2 aromatic rings. The van der Waals surface area contributed by atoms with Gasteiger partial charge in [0.15, 0.2) is 0 Å². The molecule has 1 fully saturated rings. The summed E-state index contributed by atoms with van der Waals surface area (Å²) >= 11 is 0. The first-order valence-electron chi connectivity index (χ1n) is 7.67. The molecule has 1 aliphatic rings. The predicted molar refractivity (Wildman–Crippen MR) is 82.5 cm³/mol. The number of carbonyl (C=O) groups excluding carboxylic acids is 1. The Morgan fingerprint density at radius 1 is 1.17 bits per heavy atom. The van der Waals surface area contributed by atoms with E-state index in [2.05, 4.69) is 15.1 Å². The normalized spacial score (nSPS) is 15.6. The molecule has 2 heterocycles. The van der Waals surface area contributed by atoms with Crippen LogP contribution >= 0.6 is 0 Å². The molecule has 7 nitrogen and oxygen atoms in total. The molecule has 1 saturated heterocycles. The van der Waals surface area contributed by atoms with E-state index in [1.54, 1.807) is 11.8 Å². The highest BCUT2D eigenvalue weighted by molar-refractivity contribution is 5.67. The summed E-state index contributed by atoms with van der Waals surface area (Å²) < 4.78 is 10.7. The van der Waals surface area contributed by atoms with E-state index >= 15 is 0 Å². The van der Waals surface area contributed by atoms with Crippen molar-refractivity contribution in [3.05, 3.63) is 47.7 Å². The summed E-state index contributed by atoms with van der Waals surface area (Å²) in [5.74, 6) is 1.19. The van der Waals surface area contributed by atoms with Crippen LogP contribution in [0, 0.1) is 6.92 Å². The first kappa shape index (κ1) is 15.5. The fraction of sp³-hybridized carbons (Fsp3) is 0.438. The van der Waals surface area contributed by atoms with Crippen molar-refractivity contribution in [2.75, 3.05) is 26.2 Å². The maximum absolute atomic E-state index is 12.1. The minimum absolute atomic E-state index is 0.262. The number of rotatable bonds is 4. The molecular formula is C16H20N4O3. The quantitative estimate of drug-likeness (QED) is 0.857. The maximum atomic E-state index is 12.1. The molecule has 1 aromatic heterocycles. The molecule has 0 N–H and O–H groups in total. The van der Waals surface area contributed by atoms with Gasteiger partial charge < -0.3 is 14.1 Å². The van der Waals surface area contributed by atoms with E-state index in [1.807, 2.05) is 30.3 Å². The number of hydrogen-bond donors (Lipinski definition) is 0. The second-order valence-electron chi connectivity index (χ2n) is 5.52. The Bertz CT molecular complexity index is 636. The molecule has 0 bridgehead atoms. The second-order valence-corrected chi connectivity index (χ2v) is 5.52. The molecule has 0 spiro atoms. The molecule has 0 unspecified atom stereocenters. The number of hydrogen-bond acceptors (Lipinski definition) is 6. The van der Waals surface area contributed by atoms with Crippen LogP contribution in [0.2, 0.25) is 0 Å². The van der Waals surface area contributed by atoms with Gasteiger partial charge in [0.1, 0.15) is 6.61 Å². The number of nitrogens with zero attached hydrogens (tertiary/aromatic N) is 4. The largest absolute Gasteiger partial charge is 0.445 e. The Morgan fingerprint density at radius 3 is 2.57 bits per heavy atom. The van der Waals surface area contributed by atoms with Gasteiger partial charge in [0, 0.05) is 33.1 Å². The number of ether oxygens (including phenoxy) is 1. The Balaban J connectivity index is 1.42. The van der Waals surface area contributed by atoms with Crippen LogP contribution in [0.25, 0.3) is 0 Å².